The van der Waals surface area contributed by atoms with E-state index in [0.717, 1.165) is 0 Å². The lowest BCUT2D eigenvalue weighted by atomic mass is 10.00. The molecule has 12 atom stereocenters. The lowest BCUT2D eigenvalue weighted by Crippen LogP contribution is -2.61. The van der Waals surface area contributed by atoms with Gasteiger partial charge in [-0.1, -0.05) is 39.8 Å². The quantitative estimate of drug-likeness (QED) is 0.0164. The lowest BCUT2D eigenvalue weighted by Gasteiger charge is -2.29. The fourth-order valence-corrected chi connectivity index (χ4v) is 12.0. The smallest absolute Gasteiger partial charge is 0.326 e. The van der Waals surface area contributed by atoms with E-state index in [1.807, 2.05) is 0 Å². The molecular weight excluding hydrogens is 1650 g/mol. The summed E-state index contributed by atoms with van der Waals surface area (Å²) < 4.78 is 0. The summed E-state index contributed by atoms with van der Waals surface area (Å²) in [5.74, 6) is -16.4. The Bertz CT molecular complexity index is 3790. The van der Waals surface area contributed by atoms with Gasteiger partial charge in [-0.05, 0) is 145 Å². The van der Waals surface area contributed by atoms with E-state index in [9.17, 15) is 82.1 Å². The topological polar surface area (TPSA) is 908 Å². The summed E-state index contributed by atoms with van der Waals surface area (Å²) in [6.45, 7) is 5.74. The first-order valence-corrected chi connectivity index (χ1v) is 40.6. The number of rotatable bonds is 63. The molecule has 0 heterocycles. The van der Waals surface area contributed by atoms with Crippen molar-refractivity contribution in [1.82, 2.24) is 101 Å². The second kappa shape index (κ2) is 59.9. The van der Waals surface area contributed by atoms with Crippen molar-refractivity contribution in [3.05, 3.63) is 29.8 Å². The molecule has 52 nitrogen and oxygen atoms in total. The van der Waals surface area contributed by atoms with Gasteiger partial charge in [0, 0.05) is 65.2 Å². The van der Waals surface area contributed by atoms with Gasteiger partial charge in [0.2, 0.25) is 70.9 Å². The number of nitrogens with two attached hydrogens (primary N) is 10. The molecule has 125 heavy (non-hydrogen) atoms. The number of carbonyl (C=O) groups excluding carboxylic acids is 17. The zero-order chi connectivity index (χ0) is 94.4. The van der Waals surface area contributed by atoms with E-state index in [2.05, 4.69) is 101 Å². The van der Waals surface area contributed by atoms with Gasteiger partial charge in [-0.25, -0.2) is 28.8 Å². The lowest BCUT2D eigenvalue weighted by molar-refractivity contribution is -0.142. The van der Waals surface area contributed by atoms with Crippen molar-refractivity contribution in [2.45, 2.75) is 229 Å². The van der Waals surface area contributed by atoms with Crippen LogP contribution < -0.4 is 158 Å². The first-order chi connectivity index (χ1) is 58.8. The Labute approximate surface area is 721 Å². The molecule has 0 saturated carbocycles. The number of aromatic hydroxyl groups is 1. The number of urea groups is 5. The van der Waals surface area contributed by atoms with E-state index < -0.39 is 223 Å². The van der Waals surface area contributed by atoms with Crippen molar-refractivity contribution >= 4 is 125 Å². The van der Waals surface area contributed by atoms with Gasteiger partial charge < -0.3 is 169 Å². The average molecular weight is 1780 g/mol. The average Bonchev–Trinajstić information content (AvgIpc) is 0.845. The second-order valence-corrected chi connectivity index (χ2v) is 29.9. The number of phenols is 1. The van der Waals surface area contributed by atoms with Crippen LogP contribution in [0.5, 0.6) is 5.75 Å². The molecule has 0 aliphatic carbocycles. The number of guanidine groups is 3. The summed E-state index contributed by atoms with van der Waals surface area (Å²) in [5, 5.41) is 90.4. The van der Waals surface area contributed by atoms with E-state index in [4.69, 9.17) is 73.6 Å². The van der Waals surface area contributed by atoms with Gasteiger partial charge in [-0.15, -0.1) is 0 Å². The van der Waals surface area contributed by atoms with E-state index in [1.165, 1.54) is 38.1 Å². The Morgan fingerprint density at radius 1 is 0.312 bits per heavy atom. The minimum atomic E-state index is -1.74. The van der Waals surface area contributed by atoms with Crippen LogP contribution in [0.3, 0.4) is 0 Å². The first kappa shape index (κ1) is 109. The van der Waals surface area contributed by atoms with Crippen LogP contribution in [0.2, 0.25) is 0 Å². The van der Waals surface area contributed by atoms with Crippen LogP contribution in [0, 0.1) is 28.1 Å². The van der Waals surface area contributed by atoms with E-state index >= 15 is 14.4 Å². The molecule has 0 saturated heterocycles. The van der Waals surface area contributed by atoms with Crippen LogP contribution in [-0.2, 0) is 68.7 Å². The maximum Gasteiger partial charge on any atom is 0.326 e. The van der Waals surface area contributed by atoms with Crippen LogP contribution in [0.1, 0.15) is 155 Å². The molecule has 0 bridgehead atoms. The highest BCUT2D eigenvalue weighted by atomic mass is 16.4. The number of nitrogens with one attached hydrogen (secondary N) is 22. The first-order valence-electron chi connectivity index (χ1n) is 40.6. The van der Waals surface area contributed by atoms with Crippen LogP contribution in [0.4, 0.5) is 24.0 Å². The van der Waals surface area contributed by atoms with Crippen molar-refractivity contribution < 1.29 is 96.5 Å². The maximum atomic E-state index is 15.1. The van der Waals surface area contributed by atoms with Crippen molar-refractivity contribution in [1.29, 1.82) is 16.2 Å². The van der Waals surface area contributed by atoms with Crippen molar-refractivity contribution in [3.63, 3.8) is 0 Å². The Morgan fingerprint density at radius 2 is 0.560 bits per heavy atom. The summed E-state index contributed by atoms with van der Waals surface area (Å²) in [4.78, 5) is 243. The normalized spacial score (nSPS) is 13.7. The van der Waals surface area contributed by atoms with Crippen molar-refractivity contribution in [3.8, 4) is 5.75 Å². The largest absolute Gasteiger partial charge is 0.508 e. The Morgan fingerprint density at radius 3 is 0.856 bits per heavy atom. The van der Waals surface area contributed by atoms with Crippen LogP contribution in [-0.4, -0.2) is 260 Å². The summed E-state index contributed by atoms with van der Waals surface area (Å²) in [5.41, 5.74) is 54.6. The highest BCUT2D eigenvalue weighted by Crippen LogP contribution is 2.16. The highest BCUT2D eigenvalue weighted by molar-refractivity contribution is 6.00. The molecule has 0 radical (unpaired) electrons. The third-order valence-electron chi connectivity index (χ3n) is 18.5. The zero-order valence-electron chi connectivity index (χ0n) is 70.7. The van der Waals surface area contributed by atoms with Gasteiger partial charge in [-0.2, -0.15) is 0 Å². The summed E-state index contributed by atoms with van der Waals surface area (Å²) in [7, 11) is 0. The predicted octanol–water partition coefficient (Wildman–Crippen LogP) is -9.32. The molecule has 0 aliphatic rings. The third-order valence-corrected chi connectivity index (χ3v) is 18.5. The minimum Gasteiger partial charge on any atom is -0.508 e. The summed E-state index contributed by atoms with van der Waals surface area (Å²) in [6, 6.07) is -18.4. The molecular formula is C73H130N32O20. The van der Waals surface area contributed by atoms with E-state index in [0.29, 0.717) is 0 Å². The monoisotopic (exact) mass is 1780 g/mol. The highest BCUT2D eigenvalue weighted by Gasteiger charge is 2.38. The van der Waals surface area contributed by atoms with Gasteiger partial charge in [-0.3, -0.25) is 73.8 Å². The zero-order valence-corrected chi connectivity index (χ0v) is 70.7. The number of primary amides is 6. The molecule has 1 aromatic carbocycles. The van der Waals surface area contributed by atoms with Gasteiger partial charge in [0.15, 0.2) is 17.9 Å². The summed E-state index contributed by atoms with van der Waals surface area (Å²) in [6.07, 6.45) is -3.41. The van der Waals surface area contributed by atoms with Crippen molar-refractivity contribution in [2.24, 2.45) is 69.2 Å². The molecule has 0 fully saturated rings. The number of phenolic OH excluding ortho intramolecular Hbond substituents is 1. The Hall–Kier alpha value is -13.7. The molecule has 44 N–H and O–H groups in total. The van der Waals surface area contributed by atoms with Crippen LogP contribution in [0.15, 0.2) is 24.3 Å². The molecule has 0 aliphatic heterocycles. The number of carboxylic acids is 1. The number of carboxylic acid groups (broad SMARTS) is 1. The van der Waals surface area contributed by atoms with E-state index in [-0.39, 0.29) is 179 Å². The van der Waals surface area contributed by atoms with Gasteiger partial charge in [0.1, 0.15) is 72.2 Å². The standard InChI is InChI=1S/C73H130N32O20/c1-37(2)35-50(62(116)98-43(17-9-31-91-70(83)122)56(110)96-45(14-6-28-88-67(78)79)58(112)102-49(65(119)120)20-12-34-94-73(86)125)103-59(113)46(19-11-33-93-72(85)124)97-57(111)44(18-10-32-92-71(84)123)99-63(117)51(36-39-21-23-40(106)24-22-39)104-60(114)47(15-7-29-89-68(80)81)101-64(118)53(38(3)4)105-61(115)48(25-26-52(75)107)100-55(109)42(16-8-30-90-69(82)121)95-54(108)41(74)13-5-27-87-66(76)77/h21-24,37-38,41-51,53,106H,5-20,25-36,74H2,1-4H3,(H2,75,107)(H,95,108)(H,96,110)(H,97,111)(H,98,116)(H,99,117)(H,100,109)(H,101,118)(H,102,112)(H,103,113)(H,104,114)(H,105,115)(H,119,120)(H4,76,77,87)(H4,78,79,88)(H4,80,81,89)(H3,82,90,121)(H3,83,91,122)(H3,84,92,123)(H3,85,93,124)(H3,86,94,125)/t41-,42-,43-,44-,45-,46-,47-,48-,49-,50-,51-,53-/m0/s1. The molecule has 22 amide bonds. The van der Waals surface area contributed by atoms with Crippen LogP contribution >= 0.6 is 0 Å². The second-order valence-electron chi connectivity index (χ2n) is 29.9. The SMILES string of the molecule is CC(C)C[C@H](NC(=O)[C@H](CCCNC(N)=O)NC(=O)[C@H](CCCNC(N)=O)NC(=O)[C@H](Cc1ccc(O)cc1)NC(=O)[C@H](CCCNC(=N)N)NC(=O)[C@@H](NC(=O)[C@H](CCC(N)=O)NC(=O)[C@H](CCCNC(N)=O)NC(=O)[C@@H](N)CCCNC(=N)N)C(C)C)C(=O)N[C@@H](CCCNC(N)=O)C(=O)N[C@@H](CCCNC(=N)N)C(=O)N[C@@H](CCCNC(N)=O)C(=O)O. The van der Waals surface area contributed by atoms with E-state index in [1.54, 1.807) is 13.8 Å². The molecule has 0 aromatic heterocycles. The number of benzene rings is 1. The molecule has 0 unspecified atom stereocenters. The molecule has 52 heteroatoms. The summed E-state index contributed by atoms with van der Waals surface area (Å²) >= 11 is 0. The van der Waals surface area contributed by atoms with Crippen molar-refractivity contribution in [2.75, 3.05) is 52.4 Å². The molecule has 1 rings (SSSR count). The Balaban J connectivity index is 4.08. The maximum absolute atomic E-state index is 15.1. The number of hydrogen-bond donors (Lipinski definition) is 34. The van der Waals surface area contributed by atoms with Crippen LogP contribution in [0.25, 0.3) is 0 Å². The number of carbonyl (C=O) groups is 18. The fraction of sp³-hybridized carbons (Fsp3) is 0.630. The predicted molar refractivity (Wildman–Crippen MR) is 453 cm³/mol. The molecule has 702 valence electrons. The van der Waals surface area contributed by atoms with Gasteiger partial charge in [0.05, 0.1) is 6.04 Å². The Kier molecular flexibility index (Phi) is 52.3. The third kappa shape index (κ3) is 49.7. The molecule has 0 spiro atoms. The fourth-order valence-electron chi connectivity index (χ4n) is 12.0. The molecule has 1 aromatic rings. The van der Waals surface area contributed by atoms with Gasteiger partial charge in [0.25, 0.3) is 0 Å². The minimum absolute atomic E-state index is 0.00716. The number of aliphatic carboxylic acids is 1. The van der Waals surface area contributed by atoms with Gasteiger partial charge >= 0.3 is 36.1 Å². The number of amides is 22. The number of hydrogen-bond acceptors (Lipinski definition) is 23.